The van der Waals surface area contributed by atoms with Gasteiger partial charge in [0.15, 0.2) is 0 Å². The minimum Gasteiger partial charge on any atom is -0.326 e. The van der Waals surface area contributed by atoms with Crippen LogP contribution in [0.25, 0.3) is 0 Å². The van der Waals surface area contributed by atoms with Crippen molar-refractivity contribution in [3.05, 3.63) is 0 Å². The molecule has 1 aliphatic heterocycles. The summed E-state index contributed by atoms with van der Waals surface area (Å²) in [6.07, 6.45) is 9.47. The van der Waals surface area contributed by atoms with Crippen molar-refractivity contribution in [3.8, 4) is 0 Å². The van der Waals surface area contributed by atoms with Gasteiger partial charge in [0.05, 0.1) is 0 Å². The Hall–Kier alpha value is -0.0800. The van der Waals surface area contributed by atoms with Crippen molar-refractivity contribution in [2.45, 2.75) is 76.9 Å². The molecule has 1 heterocycles. The van der Waals surface area contributed by atoms with Crippen molar-refractivity contribution in [1.29, 1.82) is 0 Å². The average Bonchev–Trinajstić information content (AvgIpc) is 2.47. The van der Waals surface area contributed by atoms with Gasteiger partial charge in [-0.25, -0.2) is 0 Å². The number of hydrogen-bond donors (Lipinski definition) is 1. The van der Waals surface area contributed by atoms with Crippen LogP contribution in [0, 0.1) is 5.92 Å². The van der Waals surface area contributed by atoms with E-state index in [4.69, 9.17) is 5.73 Å². The third-order valence-corrected chi connectivity index (χ3v) is 4.66. The van der Waals surface area contributed by atoms with Crippen LogP contribution in [-0.2, 0) is 0 Å². The second kappa shape index (κ2) is 5.50. The van der Waals surface area contributed by atoms with Crippen molar-refractivity contribution in [2.24, 2.45) is 11.7 Å². The van der Waals surface area contributed by atoms with E-state index < -0.39 is 0 Å². The summed E-state index contributed by atoms with van der Waals surface area (Å²) in [4.78, 5) is 2.73. The molecule has 4 unspecified atom stereocenters. The van der Waals surface area contributed by atoms with Gasteiger partial charge in [-0.2, -0.15) is 0 Å². The van der Waals surface area contributed by atoms with Gasteiger partial charge < -0.3 is 5.73 Å². The molecule has 1 saturated carbocycles. The summed E-state index contributed by atoms with van der Waals surface area (Å²) in [6, 6.07) is 1.84. The van der Waals surface area contributed by atoms with Gasteiger partial charge in [0, 0.05) is 18.1 Å². The van der Waals surface area contributed by atoms with Crippen LogP contribution in [-0.4, -0.2) is 29.6 Å². The molecule has 16 heavy (non-hydrogen) atoms. The van der Waals surface area contributed by atoms with Gasteiger partial charge in [0.25, 0.3) is 0 Å². The van der Waals surface area contributed by atoms with Gasteiger partial charge in [0.1, 0.15) is 0 Å². The lowest BCUT2D eigenvalue weighted by Gasteiger charge is -2.43. The first-order chi connectivity index (χ1) is 7.68. The molecule has 0 aromatic heterocycles. The van der Waals surface area contributed by atoms with Crippen LogP contribution < -0.4 is 5.73 Å². The number of likely N-dealkylation sites (tertiary alicyclic amines) is 1. The number of rotatable bonds is 1. The lowest BCUT2D eigenvalue weighted by molar-refractivity contribution is 0.0834. The van der Waals surface area contributed by atoms with Gasteiger partial charge in [0.2, 0.25) is 0 Å². The molecule has 0 spiro atoms. The van der Waals surface area contributed by atoms with Crippen LogP contribution >= 0.6 is 0 Å². The molecule has 4 atom stereocenters. The lowest BCUT2D eigenvalue weighted by atomic mass is 9.82. The summed E-state index contributed by atoms with van der Waals surface area (Å²) in [5.41, 5.74) is 6.34. The maximum atomic E-state index is 6.34. The van der Waals surface area contributed by atoms with Crippen molar-refractivity contribution in [3.63, 3.8) is 0 Å². The Labute approximate surface area is 101 Å². The maximum Gasteiger partial charge on any atom is 0.0252 e. The molecule has 94 valence electrons. The van der Waals surface area contributed by atoms with E-state index in [1.165, 1.54) is 51.5 Å². The Morgan fingerprint density at radius 2 is 1.81 bits per heavy atom. The zero-order chi connectivity index (χ0) is 11.5. The fourth-order valence-electron chi connectivity index (χ4n) is 3.55. The van der Waals surface area contributed by atoms with Gasteiger partial charge in [-0.05, 0) is 51.5 Å². The van der Waals surface area contributed by atoms with Crippen LogP contribution in [0.3, 0.4) is 0 Å². The molecule has 0 amide bonds. The van der Waals surface area contributed by atoms with Gasteiger partial charge in [-0.3, -0.25) is 4.90 Å². The molecule has 0 aromatic carbocycles. The summed E-state index contributed by atoms with van der Waals surface area (Å²) < 4.78 is 0. The molecule has 2 nitrogen and oxygen atoms in total. The van der Waals surface area contributed by atoms with Crippen LogP contribution in [0.15, 0.2) is 0 Å². The Morgan fingerprint density at radius 1 is 1.00 bits per heavy atom. The van der Waals surface area contributed by atoms with Gasteiger partial charge in [-0.1, -0.05) is 19.8 Å². The van der Waals surface area contributed by atoms with Crippen LogP contribution in [0.4, 0.5) is 0 Å². The maximum absolute atomic E-state index is 6.34. The van der Waals surface area contributed by atoms with Crippen molar-refractivity contribution in [1.82, 2.24) is 4.90 Å². The molecule has 2 N–H and O–H groups in total. The average molecular weight is 224 g/mol. The predicted octanol–water partition coefficient (Wildman–Crippen LogP) is 2.77. The zero-order valence-corrected chi connectivity index (χ0v) is 11.0. The summed E-state index contributed by atoms with van der Waals surface area (Å²) in [6.45, 7) is 6.07. The molecular weight excluding hydrogens is 196 g/mol. The van der Waals surface area contributed by atoms with Crippen LogP contribution in [0.1, 0.15) is 58.8 Å². The Morgan fingerprint density at radius 3 is 2.62 bits per heavy atom. The second-order valence-corrected chi connectivity index (χ2v) is 6.09. The summed E-state index contributed by atoms with van der Waals surface area (Å²) >= 11 is 0. The number of hydrogen-bond acceptors (Lipinski definition) is 2. The molecule has 2 aliphatic rings. The van der Waals surface area contributed by atoms with Crippen LogP contribution in [0.5, 0.6) is 0 Å². The Kier molecular flexibility index (Phi) is 4.26. The fraction of sp³-hybridized carbons (Fsp3) is 1.00. The molecule has 2 rings (SSSR count). The highest BCUT2D eigenvalue weighted by Crippen LogP contribution is 2.30. The molecule has 1 aliphatic carbocycles. The highest BCUT2D eigenvalue weighted by molar-refractivity contribution is 4.90. The normalized spacial score (nSPS) is 42.9. The SMILES string of the molecule is CC1CCC(N)C(N2CCCCCC2C)C1. The Balaban J connectivity index is 2.02. The topological polar surface area (TPSA) is 29.3 Å². The standard InChI is InChI=1S/C14H28N2/c1-11-7-8-13(15)14(10-11)16-9-5-3-4-6-12(16)2/h11-14H,3-10,15H2,1-2H3. The highest BCUT2D eigenvalue weighted by Gasteiger charge is 2.33. The largest absolute Gasteiger partial charge is 0.326 e. The third kappa shape index (κ3) is 2.78. The monoisotopic (exact) mass is 224 g/mol. The first kappa shape index (κ1) is 12.4. The van der Waals surface area contributed by atoms with E-state index in [-0.39, 0.29) is 0 Å². The zero-order valence-electron chi connectivity index (χ0n) is 11.0. The van der Waals surface area contributed by atoms with E-state index in [2.05, 4.69) is 18.7 Å². The number of nitrogens with zero attached hydrogens (tertiary/aromatic N) is 1. The van der Waals surface area contributed by atoms with Crippen LogP contribution in [0.2, 0.25) is 0 Å². The van der Waals surface area contributed by atoms with E-state index in [1.54, 1.807) is 0 Å². The minimum atomic E-state index is 0.428. The van der Waals surface area contributed by atoms with E-state index in [0.29, 0.717) is 12.1 Å². The minimum absolute atomic E-state index is 0.428. The van der Waals surface area contributed by atoms with E-state index >= 15 is 0 Å². The van der Waals surface area contributed by atoms with E-state index in [0.717, 1.165) is 12.0 Å². The highest BCUT2D eigenvalue weighted by atomic mass is 15.2. The summed E-state index contributed by atoms with van der Waals surface area (Å²) in [7, 11) is 0. The third-order valence-electron chi connectivity index (χ3n) is 4.66. The molecule has 1 saturated heterocycles. The Bertz CT molecular complexity index is 217. The molecule has 2 fully saturated rings. The van der Waals surface area contributed by atoms with Crippen molar-refractivity contribution >= 4 is 0 Å². The molecule has 0 radical (unpaired) electrons. The van der Waals surface area contributed by atoms with Gasteiger partial charge >= 0.3 is 0 Å². The van der Waals surface area contributed by atoms with Crippen molar-refractivity contribution < 1.29 is 0 Å². The second-order valence-electron chi connectivity index (χ2n) is 6.09. The quantitative estimate of drug-likeness (QED) is 0.742. The van der Waals surface area contributed by atoms with Crippen molar-refractivity contribution in [2.75, 3.05) is 6.54 Å². The first-order valence-corrected chi connectivity index (χ1v) is 7.20. The fourth-order valence-corrected chi connectivity index (χ4v) is 3.55. The molecule has 0 aromatic rings. The molecule has 2 heteroatoms. The predicted molar refractivity (Wildman–Crippen MR) is 69.4 cm³/mol. The van der Waals surface area contributed by atoms with Gasteiger partial charge in [-0.15, -0.1) is 0 Å². The number of nitrogens with two attached hydrogens (primary N) is 1. The van der Waals surface area contributed by atoms with E-state index in [1.807, 2.05) is 0 Å². The first-order valence-electron chi connectivity index (χ1n) is 7.20. The smallest absolute Gasteiger partial charge is 0.0252 e. The summed E-state index contributed by atoms with van der Waals surface area (Å²) in [5, 5.41) is 0. The molecular formula is C14H28N2. The lowest BCUT2D eigenvalue weighted by Crippen LogP contribution is -2.53. The summed E-state index contributed by atoms with van der Waals surface area (Å²) in [5.74, 6) is 0.875. The molecule has 0 bridgehead atoms. The van der Waals surface area contributed by atoms with E-state index in [9.17, 15) is 0 Å².